The molecule has 0 bridgehead atoms. The molecule has 2 aromatic rings. The minimum absolute atomic E-state index is 0.0282. The lowest BCUT2D eigenvalue weighted by Gasteiger charge is -2.40. The molecule has 3 aliphatic heterocycles. The van der Waals surface area contributed by atoms with Crippen LogP contribution in [0.25, 0.3) is 0 Å². The fraction of sp³-hybridized carbons (Fsp3) is 0.435. The van der Waals surface area contributed by atoms with E-state index in [-0.39, 0.29) is 23.8 Å². The van der Waals surface area contributed by atoms with Gasteiger partial charge in [0.05, 0.1) is 36.9 Å². The van der Waals surface area contributed by atoms with Crippen molar-refractivity contribution < 1.29 is 33.4 Å². The Morgan fingerprint density at radius 2 is 1.76 bits per heavy atom. The minimum atomic E-state index is -0.934. The summed E-state index contributed by atoms with van der Waals surface area (Å²) in [6.07, 6.45) is 1.11. The van der Waals surface area contributed by atoms with Gasteiger partial charge in [-0.1, -0.05) is 0 Å². The molecule has 1 atom stereocenters. The van der Waals surface area contributed by atoms with Gasteiger partial charge in [-0.15, -0.1) is 0 Å². The maximum atomic E-state index is 13.6. The van der Waals surface area contributed by atoms with Crippen molar-refractivity contribution >= 4 is 17.3 Å². The van der Waals surface area contributed by atoms with Crippen LogP contribution in [0.4, 0.5) is 11.4 Å². The van der Waals surface area contributed by atoms with E-state index in [1.54, 1.807) is 31.4 Å². The second-order valence-electron chi connectivity index (χ2n) is 8.29. The van der Waals surface area contributed by atoms with Crippen molar-refractivity contribution in [1.29, 1.82) is 0 Å². The van der Waals surface area contributed by atoms with Gasteiger partial charge in [0.2, 0.25) is 12.7 Å². The fourth-order valence-electron chi connectivity index (χ4n) is 4.62. The first-order valence-corrected chi connectivity index (χ1v) is 11.0. The van der Waals surface area contributed by atoms with Gasteiger partial charge in [-0.2, -0.15) is 0 Å². The molecule has 2 fully saturated rings. The van der Waals surface area contributed by atoms with Crippen molar-refractivity contribution in [3.8, 4) is 17.2 Å². The third-order valence-corrected chi connectivity index (χ3v) is 6.36. The van der Waals surface area contributed by atoms with Crippen LogP contribution >= 0.6 is 0 Å². The van der Waals surface area contributed by atoms with Crippen LogP contribution in [0, 0.1) is 10.1 Å². The number of carbonyl (C=O) groups is 1. The number of hydrogen-bond acceptors (Lipinski definition) is 9. The largest absolute Gasteiger partial charge is 0.497 e. The Morgan fingerprint density at radius 1 is 1.12 bits per heavy atom. The van der Waals surface area contributed by atoms with E-state index in [9.17, 15) is 14.9 Å². The van der Waals surface area contributed by atoms with Crippen LogP contribution in [-0.4, -0.2) is 61.7 Å². The highest BCUT2D eigenvalue weighted by atomic mass is 16.7. The summed E-state index contributed by atoms with van der Waals surface area (Å²) in [4.78, 5) is 27.0. The molecule has 3 heterocycles. The Balaban J connectivity index is 1.48. The van der Waals surface area contributed by atoms with E-state index in [0.717, 1.165) is 0 Å². The van der Waals surface area contributed by atoms with E-state index in [0.29, 0.717) is 56.3 Å². The van der Waals surface area contributed by atoms with Gasteiger partial charge in [0.1, 0.15) is 11.8 Å². The summed E-state index contributed by atoms with van der Waals surface area (Å²) < 4.78 is 27.6. The molecule has 34 heavy (non-hydrogen) atoms. The van der Waals surface area contributed by atoms with E-state index < -0.39 is 22.7 Å². The first kappa shape index (κ1) is 22.4. The third-order valence-electron chi connectivity index (χ3n) is 6.36. The Hall–Kier alpha value is -3.41. The number of anilines is 1. The lowest BCUT2D eigenvalue weighted by molar-refractivity contribution is -0.386. The molecule has 0 radical (unpaired) electrons. The Kier molecular flexibility index (Phi) is 5.98. The van der Waals surface area contributed by atoms with Gasteiger partial charge in [-0.05, 0) is 30.3 Å². The highest BCUT2D eigenvalue weighted by Crippen LogP contribution is 2.43. The quantitative estimate of drug-likeness (QED) is 0.501. The summed E-state index contributed by atoms with van der Waals surface area (Å²) in [6.45, 7) is 1.97. The van der Waals surface area contributed by atoms with Crippen molar-refractivity contribution in [2.75, 3.05) is 45.5 Å². The summed E-state index contributed by atoms with van der Waals surface area (Å²) in [5.74, 6) is 0.276. The number of likely N-dealkylation sites (tertiary alicyclic amines) is 1. The highest BCUT2D eigenvalue weighted by Gasteiger charge is 2.44. The summed E-state index contributed by atoms with van der Waals surface area (Å²) in [5, 5.41) is 14.9. The lowest BCUT2D eigenvalue weighted by atomic mass is 9.96. The maximum Gasteiger partial charge on any atom is 0.278 e. The smallest absolute Gasteiger partial charge is 0.278 e. The molecule has 3 aliphatic rings. The average Bonchev–Trinajstić information content (AvgIpc) is 3.50. The number of ether oxygens (including phenoxy) is 5. The standard InChI is InChI=1S/C23H25N3O8/c1-30-16-4-2-15(3-5-16)24-22(27)21(25-8-6-23(7-9-25)33-10-11-34-23)17-12-19-20(32-14-31-19)13-18(17)26(28)29/h2-5,12-13,21H,6-11,14H2,1H3,(H,24,27)/t21-/m1/s1. The van der Waals surface area contributed by atoms with Crippen LogP contribution in [-0.2, 0) is 14.3 Å². The number of amides is 1. The van der Waals surface area contributed by atoms with Gasteiger partial charge in [0.15, 0.2) is 17.3 Å². The van der Waals surface area contributed by atoms with Crippen LogP contribution in [0.5, 0.6) is 17.2 Å². The zero-order valence-corrected chi connectivity index (χ0v) is 18.7. The van der Waals surface area contributed by atoms with Crippen molar-refractivity contribution in [2.24, 2.45) is 0 Å². The van der Waals surface area contributed by atoms with E-state index in [1.165, 1.54) is 12.1 Å². The van der Waals surface area contributed by atoms with Crippen LogP contribution in [0.15, 0.2) is 36.4 Å². The van der Waals surface area contributed by atoms with Gasteiger partial charge in [0.25, 0.3) is 5.69 Å². The molecule has 180 valence electrons. The van der Waals surface area contributed by atoms with Crippen LogP contribution in [0.1, 0.15) is 24.4 Å². The van der Waals surface area contributed by atoms with Crippen molar-refractivity contribution in [3.63, 3.8) is 0 Å². The van der Waals surface area contributed by atoms with E-state index >= 15 is 0 Å². The average molecular weight is 471 g/mol. The molecular weight excluding hydrogens is 446 g/mol. The van der Waals surface area contributed by atoms with Gasteiger partial charge in [-0.25, -0.2) is 0 Å². The number of piperidine rings is 1. The highest BCUT2D eigenvalue weighted by molar-refractivity contribution is 5.96. The van der Waals surface area contributed by atoms with E-state index in [1.807, 2.05) is 4.90 Å². The normalized spacial score (nSPS) is 19.7. The molecule has 1 N–H and O–H groups in total. The number of nitrogens with one attached hydrogen (secondary N) is 1. The molecule has 0 aromatic heterocycles. The topological polar surface area (TPSA) is 122 Å². The number of nitro benzene ring substituents is 1. The SMILES string of the molecule is COc1ccc(NC(=O)[C@@H](c2cc3c(cc2[N+](=O)[O-])OCO3)N2CCC3(CC2)OCCO3)cc1. The van der Waals surface area contributed by atoms with Crippen LogP contribution in [0.3, 0.4) is 0 Å². The summed E-state index contributed by atoms with van der Waals surface area (Å²) in [6, 6.07) is 8.81. The molecule has 0 saturated carbocycles. The second kappa shape index (κ2) is 9.09. The Morgan fingerprint density at radius 3 is 2.38 bits per heavy atom. The minimum Gasteiger partial charge on any atom is -0.497 e. The van der Waals surface area contributed by atoms with Crippen molar-refractivity contribution in [2.45, 2.75) is 24.7 Å². The number of methoxy groups -OCH3 is 1. The van der Waals surface area contributed by atoms with Crippen molar-refractivity contribution in [3.05, 3.63) is 52.1 Å². The number of nitrogens with zero attached hydrogens (tertiary/aromatic N) is 2. The Labute approximate surface area is 195 Å². The molecule has 2 aromatic carbocycles. The van der Waals surface area contributed by atoms with Crippen molar-refractivity contribution in [1.82, 2.24) is 4.90 Å². The number of rotatable bonds is 6. The predicted molar refractivity (Wildman–Crippen MR) is 119 cm³/mol. The summed E-state index contributed by atoms with van der Waals surface area (Å²) in [7, 11) is 1.56. The first-order valence-electron chi connectivity index (χ1n) is 11.0. The molecule has 11 nitrogen and oxygen atoms in total. The van der Waals surface area contributed by atoms with Gasteiger partial charge >= 0.3 is 0 Å². The van der Waals surface area contributed by atoms with Crippen LogP contribution < -0.4 is 19.5 Å². The maximum absolute atomic E-state index is 13.6. The number of fused-ring (bicyclic) bond motifs is 1. The summed E-state index contributed by atoms with van der Waals surface area (Å²) >= 11 is 0. The van der Waals surface area contributed by atoms with Crippen LogP contribution in [0.2, 0.25) is 0 Å². The first-order chi connectivity index (χ1) is 16.5. The Bertz CT molecular complexity index is 1070. The summed E-state index contributed by atoms with van der Waals surface area (Å²) in [5.41, 5.74) is 0.590. The zero-order chi connectivity index (χ0) is 23.7. The molecular formula is C23H25N3O8. The molecule has 0 unspecified atom stereocenters. The molecule has 2 saturated heterocycles. The molecule has 11 heteroatoms. The number of hydrogen-bond donors (Lipinski definition) is 1. The molecule has 5 rings (SSSR count). The molecule has 0 aliphatic carbocycles. The monoisotopic (exact) mass is 471 g/mol. The van der Waals surface area contributed by atoms with E-state index in [4.69, 9.17) is 23.7 Å². The number of nitro groups is 1. The third kappa shape index (κ3) is 4.25. The van der Waals surface area contributed by atoms with Gasteiger partial charge in [0, 0.05) is 31.6 Å². The predicted octanol–water partition coefficient (Wildman–Crippen LogP) is 2.85. The molecule has 1 amide bonds. The zero-order valence-electron chi connectivity index (χ0n) is 18.7. The number of carbonyl (C=O) groups excluding carboxylic acids is 1. The fourth-order valence-corrected chi connectivity index (χ4v) is 4.62. The van der Waals surface area contributed by atoms with Gasteiger partial charge < -0.3 is 29.0 Å². The lowest BCUT2D eigenvalue weighted by Crippen LogP contribution is -2.48. The van der Waals surface area contributed by atoms with Gasteiger partial charge in [-0.3, -0.25) is 19.8 Å². The number of benzene rings is 2. The second-order valence-corrected chi connectivity index (χ2v) is 8.29. The molecule has 1 spiro atoms. The van der Waals surface area contributed by atoms with E-state index in [2.05, 4.69) is 5.32 Å².